The van der Waals surface area contributed by atoms with E-state index in [1.807, 2.05) is 24.3 Å². The molecular weight excluding hydrogens is 484 g/mol. The summed E-state index contributed by atoms with van der Waals surface area (Å²) in [5, 5.41) is -0.241. The Bertz CT molecular complexity index is 1170. The van der Waals surface area contributed by atoms with Crippen molar-refractivity contribution in [3.63, 3.8) is 0 Å². The standard InChI is InChI=1S/C22H21BrN2O5S/c1-29-18-6-4-17(5-7-18)24-12-14-25(15-13-24)22(26)20-10-11-21(30-20)31(27,28)19-8-2-16(23)3-9-19/h2-11H,12-15H2,1H3. The molecule has 0 unspecified atom stereocenters. The average molecular weight is 505 g/mol. The molecule has 0 spiro atoms. The summed E-state index contributed by atoms with van der Waals surface area (Å²) in [5.74, 6) is 0.504. The summed E-state index contributed by atoms with van der Waals surface area (Å²) in [7, 11) is -2.20. The van der Waals surface area contributed by atoms with E-state index >= 15 is 0 Å². The van der Waals surface area contributed by atoms with Crippen molar-refractivity contribution in [2.45, 2.75) is 9.99 Å². The van der Waals surface area contributed by atoms with E-state index in [9.17, 15) is 13.2 Å². The van der Waals surface area contributed by atoms with Gasteiger partial charge in [-0.1, -0.05) is 15.9 Å². The Balaban J connectivity index is 1.43. The van der Waals surface area contributed by atoms with Crippen molar-refractivity contribution in [2.24, 2.45) is 0 Å². The van der Waals surface area contributed by atoms with Gasteiger partial charge in [-0.3, -0.25) is 4.79 Å². The number of nitrogens with zero attached hydrogens (tertiary/aromatic N) is 2. The minimum absolute atomic E-state index is 0.0218. The quantitative estimate of drug-likeness (QED) is 0.524. The molecule has 0 saturated carbocycles. The van der Waals surface area contributed by atoms with Crippen molar-refractivity contribution in [1.82, 2.24) is 4.90 Å². The number of sulfone groups is 1. The maximum atomic E-state index is 12.8. The summed E-state index contributed by atoms with van der Waals surface area (Å²) >= 11 is 3.28. The number of halogens is 1. The van der Waals surface area contributed by atoms with Crippen molar-refractivity contribution in [3.05, 3.63) is 70.9 Å². The molecule has 0 radical (unpaired) electrons. The molecule has 162 valence electrons. The number of carbonyl (C=O) groups is 1. The Morgan fingerprint density at radius 1 is 0.935 bits per heavy atom. The molecule has 0 N–H and O–H groups in total. The van der Waals surface area contributed by atoms with Crippen LogP contribution in [0.25, 0.3) is 0 Å². The van der Waals surface area contributed by atoms with Gasteiger partial charge in [0.2, 0.25) is 14.9 Å². The number of piperazine rings is 1. The van der Waals surface area contributed by atoms with Gasteiger partial charge in [-0.2, -0.15) is 0 Å². The van der Waals surface area contributed by atoms with Crippen molar-refractivity contribution < 1.29 is 22.4 Å². The summed E-state index contributed by atoms with van der Waals surface area (Å²) in [4.78, 5) is 16.8. The predicted octanol–water partition coefficient (Wildman–Crippen LogP) is 3.85. The lowest BCUT2D eigenvalue weighted by atomic mass is 10.2. The zero-order valence-corrected chi connectivity index (χ0v) is 19.2. The van der Waals surface area contributed by atoms with Gasteiger partial charge in [0, 0.05) is 36.3 Å². The topological polar surface area (TPSA) is 80.1 Å². The average Bonchev–Trinajstić information content (AvgIpc) is 3.30. The number of hydrogen-bond donors (Lipinski definition) is 0. The first-order valence-electron chi connectivity index (χ1n) is 9.67. The van der Waals surface area contributed by atoms with Crippen molar-refractivity contribution in [2.75, 3.05) is 38.2 Å². The third kappa shape index (κ3) is 4.47. The monoisotopic (exact) mass is 504 g/mol. The molecule has 2 aromatic carbocycles. The predicted molar refractivity (Wildman–Crippen MR) is 119 cm³/mol. The molecule has 2 heterocycles. The molecule has 0 atom stereocenters. The number of amides is 1. The summed E-state index contributed by atoms with van der Waals surface area (Å²) in [6, 6.07) is 16.8. The molecule has 3 aromatic rings. The number of anilines is 1. The van der Waals surface area contributed by atoms with Gasteiger partial charge in [0.05, 0.1) is 12.0 Å². The Morgan fingerprint density at radius 3 is 2.19 bits per heavy atom. The van der Waals surface area contributed by atoms with Gasteiger partial charge in [0.25, 0.3) is 5.91 Å². The van der Waals surface area contributed by atoms with E-state index in [4.69, 9.17) is 9.15 Å². The number of methoxy groups -OCH3 is 1. The number of rotatable bonds is 5. The van der Waals surface area contributed by atoms with Crippen LogP contribution in [0, 0.1) is 0 Å². The maximum absolute atomic E-state index is 12.8. The second kappa shape index (κ2) is 8.76. The van der Waals surface area contributed by atoms with Crippen LogP contribution in [0.5, 0.6) is 5.75 Å². The molecular formula is C22H21BrN2O5S. The molecule has 1 aliphatic rings. The second-order valence-corrected chi connectivity index (χ2v) is 9.85. The van der Waals surface area contributed by atoms with Crippen molar-refractivity contribution in [1.29, 1.82) is 0 Å². The molecule has 9 heteroatoms. The van der Waals surface area contributed by atoms with Gasteiger partial charge in [-0.15, -0.1) is 0 Å². The van der Waals surface area contributed by atoms with Gasteiger partial charge < -0.3 is 19.0 Å². The Kier molecular flexibility index (Phi) is 6.06. The first-order valence-corrected chi connectivity index (χ1v) is 11.9. The molecule has 1 saturated heterocycles. The third-order valence-corrected chi connectivity index (χ3v) is 7.36. The molecule has 1 amide bonds. The highest BCUT2D eigenvalue weighted by Crippen LogP contribution is 2.26. The summed E-state index contributed by atoms with van der Waals surface area (Å²) in [6.07, 6.45) is 0. The summed E-state index contributed by atoms with van der Waals surface area (Å²) in [5.41, 5.74) is 1.06. The van der Waals surface area contributed by atoms with Crippen LogP contribution in [0.3, 0.4) is 0 Å². The molecule has 1 aliphatic heterocycles. The fourth-order valence-corrected chi connectivity index (χ4v) is 4.86. The molecule has 4 rings (SSSR count). The number of furan rings is 1. The van der Waals surface area contributed by atoms with E-state index in [2.05, 4.69) is 20.8 Å². The fraction of sp³-hybridized carbons (Fsp3) is 0.227. The zero-order chi connectivity index (χ0) is 22.0. The molecule has 0 bridgehead atoms. The van der Waals surface area contributed by atoms with Gasteiger partial charge in [0.1, 0.15) is 5.75 Å². The van der Waals surface area contributed by atoms with Gasteiger partial charge in [-0.25, -0.2) is 8.42 Å². The highest BCUT2D eigenvalue weighted by molar-refractivity contribution is 9.10. The second-order valence-electron chi connectivity index (χ2n) is 7.05. The van der Waals surface area contributed by atoms with Crippen molar-refractivity contribution >= 4 is 37.4 Å². The minimum atomic E-state index is -3.83. The van der Waals surface area contributed by atoms with Crippen LogP contribution in [0.2, 0.25) is 0 Å². The fourth-order valence-electron chi connectivity index (χ4n) is 3.43. The molecule has 0 aliphatic carbocycles. The SMILES string of the molecule is COc1ccc(N2CCN(C(=O)c3ccc(S(=O)(=O)c4ccc(Br)cc4)o3)CC2)cc1. The number of ether oxygens (including phenoxy) is 1. The molecule has 7 nitrogen and oxygen atoms in total. The Morgan fingerprint density at radius 2 is 1.58 bits per heavy atom. The van der Waals surface area contributed by atoms with Crippen LogP contribution in [0.4, 0.5) is 5.69 Å². The van der Waals surface area contributed by atoms with Gasteiger partial charge >= 0.3 is 0 Å². The largest absolute Gasteiger partial charge is 0.497 e. The lowest BCUT2D eigenvalue weighted by Crippen LogP contribution is -2.48. The van der Waals surface area contributed by atoms with Crippen molar-refractivity contribution in [3.8, 4) is 5.75 Å². The lowest BCUT2D eigenvalue weighted by molar-refractivity contribution is 0.0709. The molecule has 1 aromatic heterocycles. The minimum Gasteiger partial charge on any atom is -0.497 e. The van der Waals surface area contributed by atoms with E-state index in [0.29, 0.717) is 26.2 Å². The van der Waals surface area contributed by atoms with E-state index in [0.717, 1.165) is 15.9 Å². The highest BCUT2D eigenvalue weighted by Gasteiger charge is 2.27. The number of carbonyl (C=O) groups excluding carboxylic acids is 1. The van der Waals surface area contributed by atoms with E-state index in [1.54, 1.807) is 24.1 Å². The first kappa shape index (κ1) is 21.5. The van der Waals surface area contributed by atoms with Gasteiger partial charge in [-0.05, 0) is 60.7 Å². The first-order chi connectivity index (χ1) is 14.9. The summed E-state index contributed by atoms with van der Waals surface area (Å²) < 4.78 is 36.9. The van der Waals surface area contributed by atoms with Gasteiger partial charge in [0.15, 0.2) is 5.76 Å². The lowest BCUT2D eigenvalue weighted by Gasteiger charge is -2.35. The Hall–Kier alpha value is -2.78. The van der Waals surface area contributed by atoms with Crippen LogP contribution >= 0.6 is 15.9 Å². The van der Waals surface area contributed by atoms with E-state index in [1.165, 1.54) is 24.3 Å². The van der Waals surface area contributed by atoms with Crippen LogP contribution in [0.1, 0.15) is 10.6 Å². The van der Waals surface area contributed by atoms with E-state index in [-0.39, 0.29) is 21.7 Å². The normalized spacial score (nSPS) is 14.5. The molecule has 31 heavy (non-hydrogen) atoms. The third-order valence-electron chi connectivity index (χ3n) is 5.19. The van der Waals surface area contributed by atoms with E-state index < -0.39 is 9.84 Å². The molecule has 1 fully saturated rings. The zero-order valence-electron chi connectivity index (χ0n) is 16.8. The van der Waals surface area contributed by atoms with Crippen LogP contribution in [-0.2, 0) is 9.84 Å². The van der Waals surface area contributed by atoms with Crippen LogP contribution in [-0.4, -0.2) is 52.5 Å². The highest BCUT2D eigenvalue weighted by atomic mass is 79.9. The Labute approximate surface area is 189 Å². The summed E-state index contributed by atoms with van der Waals surface area (Å²) in [6.45, 7) is 2.37. The van der Waals surface area contributed by atoms with Crippen LogP contribution < -0.4 is 9.64 Å². The smallest absolute Gasteiger partial charge is 0.289 e. The number of benzene rings is 2. The maximum Gasteiger partial charge on any atom is 0.289 e. The number of hydrogen-bond acceptors (Lipinski definition) is 6. The van der Waals surface area contributed by atoms with Crippen LogP contribution in [0.15, 0.2) is 79.5 Å².